The summed E-state index contributed by atoms with van der Waals surface area (Å²) in [6.45, 7) is 3.26. The van der Waals surface area contributed by atoms with Gasteiger partial charge < -0.3 is 5.32 Å². The van der Waals surface area contributed by atoms with Crippen molar-refractivity contribution >= 4 is 33.3 Å². The first-order chi connectivity index (χ1) is 15.3. The van der Waals surface area contributed by atoms with Crippen molar-refractivity contribution in [3.8, 4) is 0 Å². The summed E-state index contributed by atoms with van der Waals surface area (Å²) in [5, 5.41) is 7.78. The molecular formula is C23H25ClN4O3S. The molecular weight excluding hydrogens is 448 g/mol. The van der Waals surface area contributed by atoms with Gasteiger partial charge in [-0.1, -0.05) is 41.4 Å². The quantitative estimate of drug-likeness (QED) is 0.589. The molecule has 3 aromatic rings. The normalized spacial score (nSPS) is 15.6. The molecule has 1 aromatic heterocycles. The maximum atomic E-state index is 12.8. The lowest BCUT2D eigenvalue weighted by Crippen LogP contribution is -2.41. The second kappa shape index (κ2) is 9.44. The highest BCUT2D eigenvalue weighted by Gasteiger charge is 2.32. The number of carbonyl (C=O) groups excluding carboxylic acids is 1. The van der Waals surface area contributed by atoms with Gasteiger partial charge in [-0.25, -0.2) is 8.42 Å². The number of carbonyl (C=O) groups is 1. The van der Waals surface area contributed by atoms with Crippen LogP contribution in [0, 0.1) is 12.8 Å². The van der Waals surface area contributed by atoms with E-state index in [0.29, 0.717) is 43.3 Å². The molecule has 4 rings (SSSR count). The first-order valence-electron chi connectivity index (χ1n) is 10.5. The molecule has 1 aliphatic heterocycles. The van der Waals surface area contributed by atoms with Crippen molar-refractivity contribution in [3.63, 3.8) is 0 Å². The van der Waals surface area contributed by atoms with Crippen LogP contribution in [0.3, 0.4) is 0 Å². The fourth-order valence-corrected chi connectivity index (χ4v) is 5.33. The van der Waals surface area contributed by atoms with Crippen LogP contribution < -0.4 is 5.32 Å². The first kappa shape index (κ1) is 22.5. The maximum Gasteiger partial charge on any atom is 0.243 e. The van der Waals surface area contributed by atoms with Gasteiger partial charge in [0.2, 0.25) is 15.9 Å². The molecule has 0 radical (unpaired) electrons. The second-order valence-corrected chi connectivity index (χ2v) is 10.4. The van der Waals surface area contributed by atoms with Crippen molar-refractivity contribution in [3.05, 3.63) is 76.9 Å². The van der Waals surface area contributed by atoms with Crippen molar-refractivity contribution in [1.82, 2.24) is 14.1 Å². The summed E-state index contributed by atoms with van der Waals surface area (Å²) in [4.78, 5) is 12.9. The molecule has 2 aromatic carbocycles. The summed E-state index contributed by atoms with van der Waals surface area (Å²) >= 11 is 5.86. The monoisotopic (exact) mass is 472 g/mol. The van der Waals surface area contributed by atoms with E-state index in [1.54, 1.807) is 22.9 Å². The molecule has 7 nitrogen and oxygen atoms in total. The van der Waals surface area contributed by atoms with Crippen LogP contribution in [0.15, 0.2) is 65.7 Å². The molecule has 168 valence electrons. The smallest absolute Gasteiger partial charge is 0.243 e. The number of aryl methyl sites for hydroxylation is 1. The molecule has 0 spiro atoms. The van der Waals surface area contributed by atoms with Crippen LogP contribution in [0.4, 0.5) is 5.82 Å². The van der Waals surface area contributed by atoms with Gasteiger partial charge in [-0.05, 0) is 49.6 Å². The maximum absolute atomic E-state index is 12.8. The average Bonchev–Trinajstić information content (AvgIpc) is 3.22. The second-order valence-electron chi connectivity index (χ2n) is 8.01. The van der Waals surface area contributed by atoms with Crippen LogP contribution in [0.25, 0.3) is 0 Å². The van der Waals surface area contributed by atoms with Crippen molar-refractivity contribution < 1.29 is 13.2 Å². The van der Waals surface area contributed by atoms with E-state index in [-0.39, 0.29) is 16.7 Å². The Kier molecular flexibility index (Phi) is 6.64. The molecule has 0 unspecified atom stereocenters. The van der Waals surface area contributed by atoms with Crippen LogP contribution in [-0.4, -0.2) is 41.5 Å². The zero-order valence-corrected chi connectivity index (χ0v) is 19.3. The van der Waals surface area contributed by atoms with Gasteiger partial charge in [-0.3, -0.25) is 9.48 Å². The average molecular weight is 473 g/mol. The number of piperidine rings is 1. The molecule has 0 atom stereocenters. The summed E-state index contributed by atoms with van der Waals surface area (Å²) in [6.07, 6.45) is 2.75. The molecule has 0 aliphatic carbocycles. The fourth-order valence-electron chi connectivity index (χ4n) is 3.74. The fraction of sp³-hybridized carbons (Fsp3) is 0.304. The highest BCUT2D eigenvalue weighted by Crippen LogP contribution is 2.25. The predicted molar refractivity (Wildman–Crippen MR) is 124 cm³/mol. The van der Waals surface area contributed by atoms with Crippen molar-refractivity contribution in [2.75, 3.05) is 18.4 Å². The number of amides is 1. The molecule has 1 aliphatic rings. The Labute approximate surface area is 193 Å². The van der Waals surface area contributed by atoms with Crippen molar-refractivity contribution in [2.45, 2.75) is 31.2 Å². The Morgan fingerprint density at radius 2 is 1.72 bits per heavy atom. The third-order valence-corrected chi connectivity index (χ3v) is 7.80. The number of halogens is 1. The lowest BCUT2D eigenvalue weighted by Gasteiger charge is -2.30. The molecule has 1 saturated heterocycles. The first-order valence-corrected chi connectivity index (χ1v) is 12.3. The molecule has 9 heteroatoms. The summed E-state index contributed by atoms with van der Waals surface area (Å²) in [6, 6.07) is 16.1. The van der Waals surface area contributed by atoms with Gasteiger partial charge in [-0.2, -0.15) is 9.40 Å². The Hall–Kier alpha value is -2.68. The van der Waals surface area contributed by atoms with Crippen LogP contribution in [-0.2, 0) is 21.4 Å². The van der Waals surface area contributed by atoms with Crippen molar-refractivity contribution in [2.24, 2.45) is 5.92 Å². The van der Waals surface area contributed by atoms with Gasteiger partial charge in [0.1, 0.15) is 0 Å². The molecule has 0 bridgehead atoms. The van der Waals surface area contributed by atoms with Crippen LogP contribution in [0.5, 0.6) is 0 Å². The summed E-state index contributed by atoms with van der Waals surface area (Å²) in [7, 11) is -3.59. The molecule has 0 saturated carbocycles. The van der Waals surface area contributed by atoms with Crippen LogP contribution >= 0.6 is 11.6 Å². The van der Waals surface area contributed by atoms with Gasteiger partial charge >= 0.3 is 0 Å². The van der Waals surface area contributed by atoms with E-state index < -0.39 is 10.0 Å². The number of nitrogens with one attached hydrogen (secondary N) is 1. The number of hydrogen-bond acceptors (Lipinski definition) is 4. The number of sulfonamides is 1. The van der Waals surface area contributed by atoms with Crippen LogP contribution in [0.2, 0.25) is 5.02 Å². The summed E-state index contributed by atoms with van der Waals surface area (Å²) in [5.74, 6) is 0.112. The molecule has 1 amide bonds. The van der Waals surface area contributed by atoms with Gasteiger partial charge in [0.15, 0.2) is 5.82 Å². The number of nitrogens with zero attached hydrogens (tertiary/aromatic N) is 3. The molecule has 32 heavy (non-hydrogen) atoms. The van der Waals surface area contributed by atoms with E-state index >= 15 is 0 Å². The third kappa shape index (κ3) is 5.20. The molecule has 2 heterocycles. The largest absolute Gasteiger partial charge is 0.309 e. The Bertz CT molecular complexity index is 1180. The highest BCUT2D eigenvalue weighted by atomic mass is 35.5. The summed E-state index contributed by atoms with van der Waals surface area (Å²) in [5.41, 5.74) is 2.33. The zero-order valence-electron chi connectivity index (χ0n) is 17.7. The van der Waals surface area contributed by atoms with Crippen LogP contribution in [0.1, 0.15) is 24.0 Å². The SMILES string of the molecule is Cc1ccc(Cn2ccc(NC(=O)C3CCN(S(=O)(=O)c4ccc(Cl)cc4)CC3)n2)cc1. The third-order valence-electron chi connectivity index (χ3n) is 5.63. The Morgan fingerprint density at radius 3 is 2.38 bits per heavy atom. The van der Waals surface area contributed by atoms with Gasteiger partial charge in [0.25, 0.3) is 0 Å². The van der Waals surface area contributed by atoms with Gasteiger partial charge in [0.05, 0.1) is 11.4 Å². The number of anilines is 1. The Balaban J connectivity index is 1.31. The molecule has 1 fully saturated rings. The minimum Gasteiger partial charge on any atom is -0.309 e. The van der Waals surface area contributed by atoms with E-state index in [1.807, 2.05) is 13.1 Å². The molecule has 1 N–H and O–H groups in total. The number of rotatable bonds is 6. The van der Waals surface area contributed by atoms with E-state index in [4.69, 9.17) is 11.6 Å². The minimum absolute atomic E-state index is 0.130. The van der Waals surface area contributed by atoms with Gasteiger partial charge in [-0.15, -0.1) is 0 Å². The number of aromatic nitrogens is 2. The van der Waals surface area contributed by atoms with E-state index in [2.05, 4.69) is 34.7 Å². The van der Waals surface area contributed by atoms with Crippen molar-refractivity contribution in [1.29, 1.82) is 0 Å². The van der Waals surface area contributed by atoms with E-state index in [1.165, 1.54) is 22.0 Å². The van der Waals surface area contributed by atoms with Gasteiger partial charge in [0, 0.05) is 36.3 Å². The zero-order chi connectivity index (χ0) is 22.7. The number of benzene rings is 2. The minimum atomic E-state index is -3.59. The highest BCUT2D eigenvalue weighted by molar-refractivity contribution is 7.89. The number of hydrogen-bond donors (Lipinski definition) is 1. The van der Waals surface area contributed by atoms with E-state index in [0.717, 1.165) is 5.56 Å². The standard InChI is InChI=1S/C23H25ClN4O3S/c1-17-2-4-18(5-3-17)16-27-13-12-22(26-27)25-23(29)19-10-14-28(15-11-19)32(30,31)21-8-6-20(24)7-9-21/h2-9,12-13,19H,10-11,14-16H2,1H3,(H,25,26,29). The topological polar surface area (TPSA) is 84.3 Å². The summed E-state index contributed by atoms with van der Waals surface area (Å²) < 4.78 is 28.8. The lowest BCUT2D eigenvalue weighted by molar-refractivity contribution is -0.120. The Morgan fingerprint density at radius 1 is 1.06 bits per heavy atom. The lowest BCUT2D eigenvalue weighted by atomic mass is 9.97. The predicted octanol–water partition coefficient (Wildman–Crippen LogP) is 3.93. The van der Waals surface area contributed by atoms with E-state index in [9.17, 15) is 13.2 Å².